The van der Waals surface area contributed by atoms with Crippen molar-refractivity contribution < 1.29 is 18.0 Å². The van der Waals surface area contributed by atoms with Gasteiger partial charge in [-0.05, 0) is 44.7 Å². The van der Waals surface area contributed by atoms with Crippen LogP contribution in [0.25, 0.3) is 0 Å². The van der Waals surface area contributed by atoms with E-state index in [1.165, 1.54) is 4.68 Å². The maximum absolute atomic E-state index is 13.3. The molecule has 0 N–H and O–H groups in total. The molecule has 0 saturated heterocycles. The van der Waals surface area contributed by atoms with Gasteiger partial charge in [0.05, 0.1) is 14.1 Å². The van der Waals surface area contributed by atoms with Crippen LogP contribution in [0.4, 0.5) is 18.9 Å². The number of likely N-dealkylation sites (N-methyl/N-ethyl adjacent to an activating group) is 1. The number of aromatic nitrogens is 2. The lowest BCUT2D eigenvalue weighted by molar-refractivity contribution is -0.142. The first kappa shape index (κ1) is 18.6. The molecule has 7 heteroatoms. The highest BCUT2D eigenvalue weighted by molar-refractivity contribution is 5.87. The number of aryl methyl sites for hydroxylation is 1. The van der Waals surface area contributed by atoms with Gasteiger partial charge >= 0.3 is 12.1 Å². The van der Waals surface area contributed by atoms with Crippen molar-refractivity contribution in [3.8, 4) is 0 Å². The average molecular weight is 366 g/mol. The molecule has 26 heavy (non-hydrogen) atoms. The van der Waals surface area contributed by atoms with Crippen molar-refractivity contribution in [1.82, 2.24) is 14.3 Å². The summed E-state index contributed by atoms with van der Waals surface area (Å²) in [6.07, 6.45) is -2.05. The molecule has 0 spiro atoms. The number of quaternary nitrogens is 1. The van der Waals surface area contributed by atoms with Crippen LogP contribution >= 0.6 is 0 Å². The average Bonchev–Trinajstić information content (AvgIpc) is 2.94. The summed E-state index contributed by atoms with van der Waals surface area (Å²) < 4.78 is 41.1. The summed E-state index contributed by atoms with van der Waals surface area (Å²) in [5, 5.41) is 3.79. The van der Waals surface area contributed by atoms with Crippen LogP contribution in [-0.2, 0) is 30.4 Å². The SMILES string of the molecule is Cc1ccc([N+](C)(C)C(=O)Cn2nc(C(F)(F)F)c3c2CCCC3)cc1. The molecular weight excluding hydrogens is 343 g/mol. The van der Waals surface area contributed by atoms with Crippen molar-refractivity contribution in [1.29, 1.82) is 0 Å². The van der Waals surface area contributed by atoms with E-state index in [0.29, 0.717) is 18.5 Å². The molecule has 0 saturated carbocycles. The predicted molar refractivity (Wildman–Crippen MR) is 93.7 cm³/mol. The second-order valence-electron chi connectivity index (χ2n) is 7.32. The zero-order valence-corrected chi connectivity index (χ0v) is 15.2. The van der Waals surface area contributed by atoms with Gasteiger partial charge in [-0.2, -0.15) is 18.3 Å². The highest BCUT2D eigenvalue weighted by atomic mass is 19.4. The fourth-order valence-corrected chi connectivity index (χ4v) is 3.40. The Balaban J connectivity index is 1.92. The normalized spacial score (nSPS) is 15.0. The van der Waals surface area contributed by atoms with Crippen LogP contribution < -0.4 is 4.48 Å². The molecule has 0 fully saturated rings. The van der Waals surface area contributed by atoms with E-state index < -0.39 is 11.9 Å². The summed E-state index contributed by atoms with van der Waals surface area (Å²) in [6, 6.07) is 7.57. The van der Waals surface area contributed by atoms with Gasteiger partial charge in [-0.25, -0.2) is 9.28 Å². The molecule has 140 valence electrons. The number of nitrogens with zero attached hydrogens (tertiary/aromatic N) is 3. The second-order valence-corrected chi connectivity index (χ2v) is 7.32. The molecule has 0 aliphatic heterocycles. The first-order valence-corrected chi connectivity index (χ1v) is 8.71. The summed E-state index contributed by atoms with van der Waals surface area (Å²) in [5.74, 6) is -0.210. The third-order valence-electron chi connectivity index (χ3n) is 5.11. The third-order valence-corrected chi connectivity index (χ3v) is 5.11. The van der Waals surface area contributed by atoms with E-state index in [2.05, 4.69) is 5.10 Å². The van der Waals surface area contributed by atoms with Crippen LogP contribution in [0.3, 0.4) is 0 Å². The first-order valence-electron chi connectivity index (χ1n) is 8.71. The molecule has 0 radical (unpaired) electrons. The molecular formula is C19H23F3N3O+. The summed E-state index contributed by atoms with van der Waals surface area (Å²) in [5.41, 5.74) is 1.86. The lowest BCUT2D eigenvalue weighted by atomic mass is 9.95. The fraction of sp³-hybridized carbons (Fsp3) is 0.474. The zero-order chi connectivity index (χ0) is 19.1. The van der Waals surface area contributed by atoms with Gasteiger partial charge in [0, 0.05) is 11.3 Å². The minimum atomic E-state index is -4.49. The zero-order valence-electron chi connectivity index (χ0n) is 15.2. The molecule has 3 rings (SSSR count). The Labute approximate surface area is 150 Å². The number of alkyl halides is 3. The smallest absolute Gasteiger partial charge is 0.255 e. The molecule has 1 aromatic carbocycles. The van der Waals surface area contributed by atoms with E-state index in [4.69, 9.17) is 0 Å². The fourth-order valence-electron chi connectivity index (χ4n) is 3.40. The van der Waals surface area contributed by atoms with Crippen LogP contribution in [0.15, 0.2) is 24.3 Å². The number of carbonyl (C=O) groups excluding carboxylic acids is 1. The van der Waals surface area contributed by atoms with Crippen molar-refractivity contribution in [2.45, 2.75) is 45.3 Å². The van der Waals surface area contributed by atoms with E-state index in [1.807, 2.05) is 31.2 Å². The molecule has 4 nitrogen and oxygen atoms in total. The Morgan fingerprint density at radius 1 is 1.15 bits per heavy atom. The highest BCUT2D eigenvalue weighted by Crippen LogP contribution is 2.36. The standard InChI is InChI=1S/C19H23F3N3O/c1-13-8-10-14(11-9-13)25(2,3)17(26)12-24-16-7-5-4-6-15(16)18(23-24)19(20,21)22/h8-11H,4-7,12H2,1-3H3/q+1. The Morgan fingerprint density at radius 3 is 2.38 bits per heavy atom. The maximum atomic E-state index is 13.3. The lowest BCUT2D eigenvalue weighted by Gasteiger charge is -2.27. The van der Waals surface area contributed by atoms with Gasteiger partial charge in [-0.15, -0.1) is 0 Å². The Morgan fingerprint density at radius 2 is 1.77 bits per heavy atom. The largest absolute Gasteiger partial charge is 0.435 e. The number of rotatable bonds is 3. The number of halogens is 3. The minimum absolute atomic E-state index is 0.0454. The third kappa shape index (κ3) is 3.40. The first-order chi connectivity index (χ1) is 12.1. The monoisotopic (exact) mass is 366 g/mol. The quantitative estimate of drug-likeness (QED) is 0.773. The number of hydrogen-bond acceptors (Lipinski definition) is 2. The van der Waals surface area contributed by atoms with E-state index in [0.717, 1.165) is 24.1 Å². The molecule has 0 bridgehead atoms. The van der Waals surface area contributed by atoms with Gasteiger partial charge in [0.15, 0.2) is 12.2 Å². The number of amides is 1. The molecule has 1 aliphatic rings. The number of fused-ring (bicyclic) bond motifs is 1. The Bertz CT molecular complexity index is 820. The van der Waals surface area contributed by atoms with Crippen LogP contribution in [0, 0.1) is 6.92 Å². The van der Waals surface area contributed by atoms with Crippen molar-refractivity contribution >= 4 is 11.6 Å². The Kier molecular flexibility index (Phi) is 4.69. The lowest BCUT2D eigenvalue weighted by Crippen LogP contribution is -2.48. The summed E-state index contributed by atoms with van der Waals surface area (Å²) >= 11 is 0. The summed E-state index contributed by atoms with van der Waals surface area (Å²) in [4.78, 5) is 12.9. The minimum Gasteiger partial charge on any atom is -0.255 e. The van der Waals surface area contributed by atoms with Crippen LogP contribution in [0.2, 0.25) is 0 Å². The summed E-state index contributed by atoms with van der Waals surface area (Å²) in [6.45, 7) is 1.79. The molecule has 1 aliphatic carbocycles. The Hall–Kier alpha value is -2.15. The van der Waals surface area contributed by atoms with Crippen LogP contribution in [0.5, 0.6) is 0 Å². The topological polar surface area (TPSA) is 34.9 Å². The summed E-state index contributed by atoms with van der Waals surface area (Å²) in [7, 11) is 3.49. The van der Waals surface area contributed by atoms with E-state index in [-0.39, 0.29) is 22.5 Å². The van der Waals surface area contributed by atoms with E-state index in [9.17, 15) is 18.0 Å². The highest BCUT2D eigenvalue weighted by Gasteiger charge is 2.40. The second kappa shape index (κ2) is 6.54. The molecule has 1 heterocycles. The number of benzene rings is 1. The van der Waals surface area contributed by atoms with Gasteiger partial charge in [0.25, 0.3) is 0 Å². The van der Waals surface area contributed by atoms with Gasteiger partial charge < -0.3 is 0 Å². The number of hydrogen-bond donors (Lipinski definition) is 0. The van der Waals surface area contributed by atoms with Crippen molar-refractivity contribution in [3.63, 3.8) is 0 Å². The van der Waals surface area contributed by atoms with E-state index in [1.54, 1.807) is 14.1 Å². The predicted octanol–water partition coefficient (Wildman–Crippen LogP) is 3.88. The van der Waals surface area contributed by atoms with Gasteiger partial charge in [0.1, 0.15) is 5.69 Å². The van der Waals surface area contributed by atoms with Crippen LogP contribution in [0.1, 0.15) is 35.4 Å². The van der Waals surface area contributed by atoms with Crippen LogP contribution in [-0.4, -0.2) is 29.8 Å². The maximum Gasteiger partial charge on any atom is 0.435 e. The molecule has 1 aromatic heterocycles. The van der Waals surface area contributed by atoms with Crippen molar-refractivity contribution in [2.24, 2.45) is 0 Å². The van der Waals surface area contributed by atoms with E-state index >= 15 is 0 Å². The molecule has 1 amide bonds. The van der Waals surface area contributed by atoms with Gasteiger partial charge in [-0.1, -0.05) is 17.7 Å². The van der Waals surface area contributed by atoms with Gasteiger partial charge in [-0.3, -0.25) is 4.68 Å². The molecule has 0 unspecified atom stereocenters. The van der Waals surface area contributed by atoms with Crippen molar-refractivity contribution in [2.75, 3.05) is 14.1 Å². The van der Waals surface area contributed by atoms with Crippen molar-refractivity contribution in [3.05, 3.63) is 46.8 Å². The molecule has 0 atom stereocenters. The van der Waals surface area contributed by atoms with Gasteiger partial charge in [0.2, 0.25) is 0 Å². The molecule has 2 aromatic rings. The number of carbonyl (C=O) groups is 1.